The summed E-state index contributed by atoms with van der Waals surface area (Å²) in [7, 11) is 0. The Labute approximate surface area is 112 Å². The molecule has 2 atom stereocenters. The first kappa shape index (κ1) is 15.9. The first-order valence-electron chi connectivity index (χ1n) is 7.61. The van der Waals surface area contributed by atoms with Crippen LogP contribution in [-0.2, 0) is 4.74 Å². The molecular weight excluding hydrogens is 226 g/mol. The molecule has 0 aliphatic heterocycles. The van der Waals surface area contributed by atoms with Crippen molar-refractivity contribution in [1.82, 2.24) is 5.32 Å². The van der Waals surface area contributed by atoms with E-state index in [2.05, 4.69) is 26.1 Å². The zero-order chi connectivity index (χ0) is 13.4. The van der Waals surface area contributed by atoms with Gasteiger partial charge < -0.3 is 15.2 Å². The van der Waals surface area contributed by atoms with Gasteiger partial charge in [-0.15, -0.1) is 0 Å². The molecule has 0 radical (unpaired) electrons. The van der Waals surface area contributed by atoms with Gasteiger partial charge in [0.25, 0.3) is 0 Å². The van der Waals surface area contributed by atoms with Gasteiger partial charge in [0.05, 0.1) is 18.8 Å². The van der Waals surface area contributed by atoms with Crippen LogP contribution in [0.5, 0.6) is 0 Å². The zero-order valence-electron chi connectivity index (χ0n) is 12.3. The van der Waals surface area contributed by atoms with E-state index >= 15 is 0 Å². The summed E-state index contributed by atoms with van der Waals surface area (Å²) in [5.41, 5.74) is 0. The van der Waals surface area contributed by atoms with E-state index < -0.39 is 0 Å². The largest absolute Gasteiger partial charge is 0.389 e. The van der Waals surface area contributed by atoms with Gasteiger partial charge >= 0.3 is 0 Å². The first-order chi connectivity index (χ1) is 8.58. The molecule has 1 fully saturated rings. The Morgan fingerprint density at radius 1 is 1.17 bits per heavy atom. The third-order valence-electron chi connectivity index (χ3n) is 3.71. The molecule has 0 aromatic heterocycles. The lowest BCUT2D eigenvalue weighted by atomic mass is 10.0. The molecule has 1 saturated carbocycles. The Balaban J connectivity index is 1.99. The minimum atomic E-state index is -0.368. The minimum absolute atomic E-state index is 0.368. The van der Waals surface area contributed by atoms with Crippen molar-refractivity contribution < 1.29 is 9.84 Å². The van der Waals surface area contributed by atoms with E-state index in [0.29, 0.717) is 25.3 Å². The fraction of sp³-hybridized carbons (Fsp3) is 1.00. The van der Waals surface area contributed by atoms with Crippen molar-refractivity contribution in [3.63, 3.8) is 0 Å². The highest BCUT2D eigenvalue weighted by Gasteiger charge is 2.17. The van der Waals surface area contributed by atoms with Crippen LogP contribution < -0.4 is 5.32 Å². The second-order valence-electron chi connectivity index (χ2n) is 6.17. The lowest BCUT2D eigenvalue weighted by molar-refractivity contribution is -0.00617. The summed E-state index contributed by atoms with van der Waals surface area (Å²) in [5.74, 6) is 0.755. The Morgan fingerprint density at radius 2 is 1.83 bits per heavy atom. The van der Waals surface area contributed by atoms with Gasteiger partial charge in [0, 0.05) is 12.6 Å². The van der Waals surface area contributed by atoms with Gasteiger partial charge in [0.1, 0.15) is 0 Å². The molecule has 18 heavy (non-hydrogen) atoms. The van der Waals surface area contributed by atoms with Crippen molar-refractivity contribution in [1.29, 1.82) is 0 Å². The fourth-order valence-electron chi connectivity index (χ4n) is 2.38. The predicted octanol–water partition coefficient (Wildman–Crippen LogP) is 2.72. The van der Waals surface area contributed by atoms with E-state index in [-0.39, 0.29) is 6.10 Å². The first-order valence-corrected chi connectivity index (χ1v) is 7.61. The minimum Gasteiger partial charge on any atom is -0.389 e. The molecule has 1 aliphatic rings. The molecule has 0 aromatic rings. The summed E-state index contributed by atoms with van der Waals surface area (Å²) in [4.78, 5) is 0. The van der Waals surface area contributed by atoms with Crippen molar-refractivity contribution >= 4 is 0 Å². The monoisotopic (exact) mass is 257 g/mol. The third-order valence-corrected chi connectivity index (χ3v) is 3.71. The van der Waals surface area contributed by atoms with Crippen LogP contribution >= 0.6 is 0 Å². The van der Waals surface area contributed by atoms with Gasteiger partial charge in [-0.3, -0.25) is 0 Å². The molecule has 0 spiro atoms. The standard InChI is InChI=1S/C15H31NO2/c1-12(2)8-9-13(3)16-10-14(17)11-18-15-6-4-5-7-15/h12-17H,4-11H2,1-3H3/t13-,14+/m0/s1. The Kier molecular flexibility index (Phi) is 7.87. The average Bonchev–Trinajstić information content (AvgIpc) is 2.84. The van der Waals surface area contributed by atoms with Crippen molar-refractivity contribution in [3.8, 4) is 0 Å². The van der Waals surface area contributed by atoms with Crippen molar-refractivity contribution in [2.45, 2.75) is 77.5 Å². The van der Waals surface area contributed by atoms with Gasteiger partial charge in [-0.2, -0.15) is 0 Å². The molecular formula is C15H31NO2. The molecule has 0 unspecified atom stereocenters. The van der Waals surface area contributed by atoms with E-state index in [1.54, 1.807) is 0 Å². The van der Waals surface area contributed by atoms with Crippen molar-refractivity contribution in [3.05, 3.63) is 0 Å². The van der Waals surface area contributed by atoms with E-state index in [1.165, 1.54) is 38.5 Å². The maximum absolute atomic E-state index is 9.85. The smallest absolute Gasteiger partial charge is 0.0897 e. The average molecular weight is 257 g/mol. The zero-order valence-corrected chi connectivity index (χ0v) is 12.3. The quantitative estimate of drug-likeness (QED) is 0.667. The number of aliphatic hydroxyl groups excluding tert-OH is 1. The summed E-state index contributed by atoms with van der Waals surface area (Å²) < 4.78 is 5.71. The number of rotatable bonds is 9. The van der Waals surface area contributed by atoms with E-state index in [1.807, 2.05) is 0 Å². The molecule has 3 heteroatoms. The second kappa shape index (κ2) is 8.89. The molecule has 0 amide bonds. The number of nitrogens with one attached hydrogen (secondary N) is 1. The van der Waals surface area contributed by atoms with Gasteiger partial charge in [0.2, 0.25) is 0 Å². The van der Waals surface area contributed by atoms with E-state index in [9.17, 15) is 5.11 Å². The lowest BCUT2D eigenvalue weighted by Crippen LogP contribution is -2.36. The molecule has 1 rings (SSSR count). The summed E-state index contributed by atoms with van der Waals surface area (Å²) in [6.45, 7) is 7.81. The summed E-state index contributed by atoms with van der Waals surface area (Å²) >= 11 is 0. The lowest BCUT2D eigenvalue weighted by Gasteiger charge is -2.19. The molecule has 0 saturated heterocycles. The van der Waals surface area contributed by atoms with Gasteiger partial charge in [-0.1, -0.05) is 26.7 Å². The van der Waals surface area contributed by atoms with Crippen LogP contribution in [0.15, 0.2) is 0 Å². The topological polar surface area (TPSA) is 41.5 Å². The highest BCUT2D eigenvalue weighted by atomic mass is 16.5. The summed E-state index contributed by atoms with van der Waals surface area (Å²) in [6, 6.07) is 0.480. The maximum atomic E-state index is 9.85. The number of hydrogen-bond acceptors (Lipinski definition) is 3. The molecule has 0 bridgehead atoms. The normalized spacial score (nSPS) is 20.5. The van der Waals surface area contributed by atoms with Crippen LogP contribution in [-0.4, -0.2) is 36.5 Å². The Morgan fingerprint density at radius 3 is 2.44 bits per heavy atom. The van der Waals surface area contributed by atoms with Crippen LogP contribution in [0, 0.1) is 5.92 Å². The number of hydrogen-bond donors (Lipinski definition) is 2. The van der Waals surface area contributed by atoms with Gasteiger partial charge in [-0.05, 0) is 38.5 Å². The van der Waals surface area contributed by atoms with Crippen molar-refractivity contribution in [2.24, 2.45) is 5.92 Å². The highest BCUT2D eigenvalue weighted by molar-refractivity contribution is 4.69. The molecule has 2 N–H and O–H groups in total. The van der Waals surface area contributed by atoms with Crippen LogP contribution in [0.2, 0.25) is 0 Å². The van der Waals surface area contributed by atoms with Crippen molar-refractivity contribution in [2.75, 3.05) is 13.2 Å². The molecule has 0 heterocycles. The molecule has 108 valence electrons. The Hall–Kier alpha value is -0.120. The predicted molar refractivity (Wildman–Crippen MR) is 75.8 cm³/mol. The van der Waals surface area contributed by atoms with Crippen LogP contribution in [0.4, 0.5) is 0 Å². The van der Waals surface area contributed by atoms with E-state index in [4.69, 9.17) is 4.74 Å². The van der Waals surface area contributed by atoms with Crippen LogP contribution in [0.3, 0.4) is 0 Å². The fourth-order valence-corrected chi connectivity index (χ4v) is 2.38. The second-order valence-corrected chi connectivity index (χ2v) is 6.17. The van der Waals surface area contributed by atoms with E-state index in [0.717, 1.165) is 5.92 Å². The third kappa shape index (κ3) is 7.34. The number of ether oxygens (including phenoxy) is 1. The molecule has 0 aromatic carbocycles. The number of aliphatic hydroxyl groups is 1. The highest BCUT2D eigenvalue weighted by Crippen LogP contribution is 2.20. The SMILES string of the molecule is CC(C)CC[C@H](C)NC[C@@H](O)COC1CCCC1. The molecule has 1 aliphatic carbocycles. The van der Waals surface area contributed by atoms with Crippen LogP contribution in [0.1, 0.15) is 59.3 Å². The Bertz CT molecular complexity index is 203. The van der Waals surface area contributed by atoms with Gasteiger partial charge in [0.15, 0.2) is 0 Å². The van der Waals surface area contributed by atoms with Gasteiger partial charge in [-0.25, -0.2) is 0 Å². The molecule has 3 nitrogen and oxygen atoms in total. The maximum Gasteiger partial charge on any atom is 0.0897 e. The summed E-state index contributed by atoms with van der Waals surface area (Å²) in [5, 5.41) is 13.2. The summed E-state index contributed by atoms with van der Waals surface area (Å²) in [6.07, 6.45) is 7.36. The van der Waals surface area contributed by atoms with Crippen LogP contribution in [0.25, 0.3) is 0 Å².